The third-order valence-corrected chi connectivity index (χ3v) is 3.81. The Morgan fingerprint density at radius 1 is 1.04 bits per heavy atom. The highest BCUT2D eigenvalue weighted by molar-refractivity contribution is 5.94. The molecule has 9 nitrogen and oxygen atoms in total. The van der Waals surface area contributed by atoms with Crippen molar-refractivity contribution < 1.29 is 14.3 Å². The van der Waals surface area contributed by atoms with Gasteiger partial charge in [0, 0.05) is 5.69 Å². The molecule has 0 saturated heterocycles. The number of hydrogen-bond donors (Lipinski definition) is 2. The molecule has 0 saturated carbocycles. The topological polar surface area (TPSA) is 111 Å². The molecule has 2 N–H and O–H groups in total. The van der Waals surface area contributed by atoms with Crippen LogP contribution in [0, 0.1) is 0 Å². The van der Waals surface area contributed by atoms with Crippen LogP contribution in [0.25, 0.3) is 5.69 Å². The standard InChI is InChI=1S/C19H20N6O3/c1-2-28-17-9-5-15(6-10-17)22-19(27)12-20-18(26)11-14-3-7-16(8-4-14)25-13-21-23-24-25/h3-10,13H,2,11-12H2,1H3,(H,20,26)(H,22,27). The van der Waals surface area contributed by atoms with Gasteiger partial charge in [-0.25, -0.2) is 4.68 Å². The second kappa shape index (κ2) is 9.26. The zero-order chi connectivity index (χ0) is 19.8. The first kappa shape index (κ1) is 19.0. The van der Waals surface area contributed by atoms with Gasteiger partial charge in [-0.1, -0.05) is 12.1 Å². The molecule has 144 valence electrons. The fraction of sp³-hybridized carbons (Fsp3) is 0.211. The maximum absolute atomic E-state index is 12.1. The normalized spacial score (nSPS) is 10.3. The molecule has 0 aliphatic carbocycles. The van der Waals surface area contributed by atoms with E-state index in [1.165, 1.54) is 11.0 Å². The predicted octanol–water partition coefficient (Wildman–Crippen LogP) is 1.36. The van der Waals surface area contributed by atoms with Crippen LogP contribution < -0.4 is 15.4 Å². The maximum Gasteiger partial charge on any atom is 0.243 e. The fourth-order valence-electron chi connectivity index (χ4n) is 2.48. The molecule has 0 fully saturated rings. The van der Waals surface area contributed by atoms with Gasteiger partial charge in [-0.15, -0.1) is 5.10 Å². The molecular formula is C19H20N6O3. The maximum atomic E-state index is 12.1. The van der Waals surface area contributed by atoms with Gasteiger partial charge in [0.15, 0.2) is 0 Å². The number of anilines is 1. The summed E-state index contributed by atoms with van der Waals surface area (Å²) in [6, 6.07) is 14.3. The Hall–Kier alpha value is -3.75. The van der Waals surface area contributed by atoms with Gasteiger partial charge in [-0.2, -0.15) is 0 Å². The van der Waals surface area contributed by atoms with Gasteiger partial charge in [0.25, 0.3) is 0 Å². The van der Waals surface area contributed by atoms with Crippen LogP contribution in [0.3, 0.4) is 0 Å². The van der Waals surface area contributed by atoms with Crippen molar-refractivity contribution >= 4 is 17.5 Å². The van der Waals surface area contributed by atoms with E-state index in [1.807, 2.05) is 31.2 Å². The summed E-state index contributed by atoms with van der Waals surface area (Å²) in [5, 5.41) is 16.3. The Balaban J connectivity index is 1.44. The van der Waals surface area contributed by atoms with Crippen LogP contribution in [0.5, 0.6) is 5.75 Å². The third kappa shape index (κ3) is 5.37. The number of nitrogens with zero attached hydrogens (tertiary/aromatic N) is 4. The van der Waals surface area contributed by atoms with Gasteiger partial charge < -0.3 is 15.4 Å². The number of aromatic nitrogens is 4. The van der Waals surface area contributed by atoms with E-state index in [9.17, 15) is 9.59 Å². The summed E-state index contributed by atoms with van der Waals surface area (Å²) in [7, 11) is 0. The molecule has 2 aromatic carbocycles. The third-order valence-electron chi connectivity index (χ3n) is 3.81. The van der Waals surface area contributed by atoms with Gasteiger partial charge in [-0.05, 0) is 59.3 Å². The highest BCUT2D eigenvalue weighted by Crippen LogP contribution is 2.15. The van der Waals surface area contributed by atoms with E-state index in [4.69, 9.17) is 4.74 Å². The van der Waals surface area contributed by atoms with Crippen molar-refractivity contribution in [1.82, 2.24) is 25.5 Å². The van der Waals surface area contributed by atoms with E-state index in [1.54, 1.807) is 24.3 Å². The number of amides is 2. The minimum absolute atomic E-state index is 0.102. The summed E-state index contributed by atoms with van der Waals surface area (Å²) in [4.78, 5) is 24.0. The first-order chi connectivity index (χ1) is 13.6. The van der Waals surface area contributed by atoms with Crippen LogP contribution in [-0.2, 0) is 16.0 Å². The lowest BCUT2D eigenvalue weighted by molar-refractivity contribution is -0.123. The molecule has 0 radical (unpaired) electrons. The number of tetrazole rings is 1. The number of rotatable bonds is 8. The minimum Gasteiger partial charge on any atom is -0.494 e. The Bertz CT molecular complexity index is 908. The minimum atomic E-state index is -0.300. The predicted molar refractivity (Wildman–Crippen MR) is 102 cm³/mol. The van der Waals surface area contributed by atoms with Gasteiger partial charge in [0.05, 0.1) is 25.3 Å². The Morgan fingerprint density at radius 3 is 2.43 bits per heavy atom. The zero-order valence-corrected chi connectivity index (χ0v) is 15.3. The largest absolute Gasteiger partial charge is 0.494 e. The monoisotopic (exact) mass is 380 g/mol. The number of carbonyl (C=O) groups excluding carboxylic acids is 2. The lowest BCUT2D eigenvalue weighted by atomic mass is 10.1. The molecule has 3 aromatic rings. The van der Waals surface area contributed by atoms with Gasteiger partial charge >= 0.3 is 0 Å². The van der Waals surface area contributed by atoms with Crippen molar-refractivity contribution in [2.45, 2.75) is 13.3 Å². The van der Waals surface area contributed by atoms with E-state index < -0.39 is 0 Å². The molecule has 0 bridgehead atoms. The summed E-state index contributed by atoms with van der Waals surface area (Å²) < 4.78 is 6.87. The SMILES string of the molecule is CCOc1ccc(NC(=O)CNC(=O)Cc2ccc(-n3cnnn3)cc2)cc1. The number of hydrogen-bond acceptors (Lipinski definition) is 6. The van der Waals surface area contributed by atoms with Gasteiger partial charge in [0.1, 0.15) is 12.1 Å². The van der Waals surface area contributed by atoms with Crippen LogP contribution >= 0.6 is 0 Å². The molecule has 0 atom stereocenters. The number of benzene rings is 2. The van der Waals surface area contributed by atoms with E-state index in [0.29, 0.717) is 12.3 Å². The quantitative estimate of drug-likeness (QED) is 0.610. The van der Waals surface area contributed by atoms with Crippen molar-refractivity contribution in [3.05, 3.63) is 60.4 Å². The van der Waals surface area contributed by atoms with Crippen molar-refractivity contribution in [2.75, 3.05) is 18.5 Å². The Morgan fingerprint density at radius 2 is 1.79 bits per heavy atom. The average Bonchev–Trinajstić information content (AvgIpc) is 3.24. The van der Waals surface area contributed by atoms with E-state index in [2.05, 4.69) is 26.2 Å². The highest BCUT2D eigenvalue weighted by Gasteiger charge is 2.08. The smallest absolute Gasteiger partial charge is 0.243 e. The number of carbonyl (C=O) groups is 2. The lowest BCUT2D eigenvalue weighted by Crippen LogP contribution is -2.33. The first-order valence-electron chi connectivity index (χ1n) is 8.76. The van der Waals surface area contributed by atoms with E-state index >= 15 is 0 Å². The number of nitrogens with one attached hydrogen (secondary N) is 2. The lowest BCUT2D eigenvalue weighted by Gasteiger charge is -2.08. The molecule has 0 spiro atoms. The molecule has 0 aliphatic heterocycles. The molecule has 1 aromatic heterocycles. The second-order valence-electron chi connectivity index (χ2n) is 5.88. The van der Waals surface area contributed by atoms with Gasteiger partial charge in [-0.3, -0.25) is 9.59 Å². The molecule has 9 heteroatoms. The van der Waals surface area contributed by atoms with Crippen molar-refractivity contribution in [2.24, 2.45) is 0 Å². The Kier molecular flexibility index (Phi) is 6.29. The van der Waals surface area contributed by atoms with Crippen LogP contribution in [0.15, 0.2) is 54.9 Å². The summed E-state index contributed by atoms with van der Waals surface area (Å²) in [6.45, 7) is 2.38. The molecule has 2 amide bonds. The fourth-order valence-corrected chi connectivity index (χ4v) is 2.48. The molecule has 0 unspecified atom stereocenters. The van der Waals surface area contributed by atoms with Crippen molar-refractivity contribution in [3.8, 4) is 11.4 Å². The van der Waals surface area contributed by atoms with E-state index in [0.717, 1.165) is 17.0 Å². The van der Waals surface area contributed by atoms with Crippen molar-refractivity contribution in [3.63, 3.8) is 0 Å². The second-order valence-corrected chi connectivity index (χ2v) is 5.88. The van der Waals surface area contributed by atoms with Crippen molar-refractivity contribution in [1.29, 1.82) is 0 Å². The Labute approximate surface area is 161 Å². The summed E-state index contributed by atoms with van der Waals surface area (Å²) in [5.41, 5.74) is 2.26. The molecule has 1 heterocycles. The summed E-state index contributed by atoms with van der Waals surface area (Å²) in [6.07, 6.45) is 1.66. The van der Waals surface area contributed by atoms with Crippen LogP contribution in [-0.4, -0.2) is 45.2 Å². The van der Waals surface area contributed by atoms with E-state index in [-0.39, 0.29) is 24.8 Å². The molecule has 3 rings (SSSR count). The summed E-state index contributed by atoms with van der Waals surface area (Å²) in [5.74, 6) is 0.198. The van der Waals surface area contributed by atoms with Crippen LogP contribution in [0.4, 0.5) is 5.69 Å². The highest BCUT2D eigenvalue weighted by atomic mass is 16.5. The zero-order valence-electron chi connectivity index (χ0n) is 15.3. The number of ether oxygens (including phenoxy) is 1. The summed E-state index contributed by atoms with van der Waals surface area (Å²) >= 11 is 0. The molecular weight excluding hydrogens is 360 g/mol. The average molecular weight is 380 g/mol. The van der Waals surface area contributed by atoms with Gasteiger partial charge in [0.2, 0.25) is 11.8 Å². The molecule has 28 heavy (non-hydrogen) atoms. The van der Waals surface area contributed by atoms with Crippen LogP contribution in [0.1, 0.15) is 12.5 Å². The first-order valence-corrected chi connectivity index (χ1v) is 8.76. The van der Waals surface area contributed by atoms with Crippen LogP contribution in [0.2, 0.25) is 0 Å². The molecule has 0 aliphatic rings.